The Balaban J connectivity index is 2.41. The van der Waals surface area contributed by atoms with Crippen molar-refractivity contribution < 1.29 is 0 Å². The Morgan fingerprint density at radius 1 is 1.44 bits per heavy atom. The summed E-state index contributed by atoms with van der Waals surface area (Å²) in [7, 11) is 0. The lowest BCUT2D eigenvalue weighted by atomic mass is 9.65. The third-order valence-electron chi connectivity index (χ3n) is 3.85. The molecule has 0 saturated heterocycles. The quantitative estimate of drug-likeness (QED) is 0.606. The first-order chi connectivity index (χ1) is 7.48. The molecule has 0 aliphatic heterocycles. The molecule has 0 aromatic carbocycles. The number of aromatic nitrogens is 1. The summed E-state index contributed by atoms with van der Waals surface area (Å²) in [5, 5.41) is 0. The highest BCUT2D eigenvalue weighted by Crippen LogP contribution is 2.43. The number of nitrogens with zero attached hydrogens (tertiary/aromatic N) is 2. The van der Waals surface area contributed by atoms with Crippen molar-refractivity contribution in [2.75, 3.05) is 0 Å². The van der Waals surface area contributed by atoms with Crippen molar-refractivity contribution in [2.45, 2.75) is 45.6 Å². The van der Waals surface area contributed by atoms with Crippen molar-refractivity contribution in [3.8, 4) is 0 Å². The summed E-state index contributed by atoms with van der Waals surface area (Å²) in [6, 6.07) is 4.09. The molecule has 2 nitrogen and oxygen atoms in total. The van der Waals surface area contributed by atoms with Gasteiger partial charge in [-0.1, -0.05) is 26.8 Å². The van der Waals surface area contributed by atoms with Gasteiger partial charge in [-0.2, -0.15) is 0 Å². The van der Waals surface area contributed by atoms with Gasteiger partial charge in [0.15, 0.2) is 0 Å². The number of rotatable bonds is 0. The Morgan fingerprint density at radius 2 is 2.19 bits per heavy atom. The molecule has 0 spiro atoms. The van der Waals surface area contributed by atoms with E-state index in [-0.39, 0.29) is 11.0 Å². The molecule has 1 aromatic heterocycles. The van der Waals surface area contributed by atoms with E-state index in [4.69, 9.17) is 6.57 Å². The van der Waals surface area contributed by atoms with Crippen LogP contribution in [0.1, 0.15) is 38.4 Å². The van der Waals surface area contributed by atoms with Crippen LogP contribution in [-0.2, 0) is 12.8 Å². The molecule has 0 radical (unpaired) electrons. The first-order valence-corrected chi connectivity index (χ1v) is 5.80. The van der Waals surface area contributed by atoms with Crippen LogP contribution in [0.3, 0.4) is 0 Å². The third-order valence-corrected chi connectivity index (χ3v) is 3.85. The van der Waals surface area contributed by atoms with Gasteiger partial charge in [0, 0.05) is 23.7 Å². The van der Waals surface area contributed by atoms with E-state index < -0.39 is 0 Å². The molecule has 1 heterocycles. The molecule has 1 aromatic rings. The largest absolute Gasteiger partial charge is 0.309 e. The molecular weight excluding hydrogens is 196 g/mol. The molecule has 1 aliphatic rings. The van der Waals surface area contributed by atoms with E-state index in [1.165, 1.54) is 11.3 Å². The van der Waals surface area contributed by atoms with Crippen LogP contribution in [-0.4, -0.2) is 10.5 Å². The Labute approximate surface area is 97.5 Å². The van der Waals surface area contributed by atoms with Gasteiger partial charge < -0.3 is 4.85 Å². The van der Waals surface area contributed by atoms with Gasteiger partial charge in [-0.25, -0.2) is 6.57 Å². The molecule has 84 valence electrons. The Bertz CT molecular complexity index is 437. The monoisotopic (exact) mass is 214 g/mol. The van der Waals surface area contributed by atoms with Gasteiger partial charge in [0.1, 0.15) is 0 Å². The molecule has 2 rings (SSSR count). The normalized spacial score (nSPS) is 24.6. The smallest absolute Gasteiger partial charge is 0.241 e. The van der Waals surface area contributed by atoms with Crippen LogP contribution in [0, 0.1) is 12.0 Å². The summed E-state index contributed by atoms with van der Waals surface area (Å²) < 4.78 is 0. The van der Waals surface area contributed by atoms with Crippen LogP contribution in [0.15, 0.2) is 18.3 Å². The molecule has 0 fully saturated rings. The van der Waals surface area contributed by atoms with Gasteiger partial charge in [-0.15, -0.1) is 0 Å². The molecule has 2 heteroatoms. The molecule has 1 atom stereocenters. The molecule has 0 saturated carbocycles. The average molecular weight is 214 g/mol. The lowest BCUT2D eigenvalue weighted by Crippen LogP contribution is -2.44. The molecule has 0 amide bonds. The Hall–Kier alpha value is -1.36. The molecular formula is C14H18N2. The van der Waals surface area contributed by atoms with Crippen molar-refractivity contribution in [2.24, 2.45) is 5.41 Å². The topological polar surface area (TPSA) is 17.2 Å². The predicted octanol–water partition coefficient (Wildman–Crippen LogP) is 3.27. The summed E-state index contributed by atoms with van der Waals surface area (Å²) in [6.07, 6.45) is 4.57. The van der Waals surface area contributed by atoms with Crippen LogP contribution in [0.2, 0.25) is 0 Å². The molecule has 16 heavy (non-hydrogen) atoms. The van der Waals surface area contributed by atoms with Crippen LogP contribution >= 0.6 is 0 Å². The Kier molecular flexibility index (Phi) is 2.50. The van der Waals surface area contributed by atoms with Crippen molar-refractivity contribution >= 4 is 0 Å². The zero-order valence-corrected chi connectivity index (χ0v) is 10.2. The molecule has 1 aliphatic carbocycles. The zero-order valence-electron chi connectivity index (χ0n) is 10.2. The SMILES string of the molecule is [C-]#[N+]C1(C(C)(C)C)CCc2ncccc2C1. The second kappa shape index (κ2) is 3.59. The van der Waals surface area contributed by atoms with E-state index in [2.05, 4.69) is 36.7 Å². The van der Waals surface area contributed by atoms with E-state index in [1.54, 1.807) is 0 Å². The predicted molar refractivity (Wildman–Crippen MR) is 65.1 cm³/mol. The van der Waals surface area contributed by atoms with Crippen molar-refractivity contribution in [1.29, 1.82) is 0 Å². The van der Waals surface area contributed by atoms with Crippen LogP contribution in [0.25, 0.3) is 4.85 Å². The van der Waals surface area contributed by atoms with Crippen molar-refractivity contribution in [1.82, 2.24) is 4.98 Å². The maximum absolute atomic E-state index is 7.55. The summed E-state index contributed by atoms with van der Waals surface area (Å²) in [5.74, 6) is 0. The first kappa shape index (κ1) is 11.1. The van der Waals surface area contributed by atoms with E-state index in [0.29, 0.717) is 0 Å². The summed E-state index contributed by atoms with van der Waals surface area (Å²) in [4.78, 5) is 8.37. The van der Waals surface area contributed by atoms with E-state index >= 15 is 0 Å². The highest BCUT2D eigenvalue weighted by molar-refractivity contribution is 5.30. The lowest BCUT2D eigenvalue weighted by molar-refractivity contribution is 0.206. The maximum atomic E-state index is 7.55. The van der Waals surface area contributed by atoms with Gasteiger partial charge in [0.25, 0.3) is 0 Å². The highest BCUT2D eigenvalue weighted by Gasteiger charge is 2.50. The van der Waals surface area contributed by atoms with Gasteiger partial charge in [0.2, 0.25) is 5.54 Å². The number of pyridine rings is 1. The lowest BCUT2D eigenvalue weighted by Gasteiger charge is -2.37. The number of hydrogen-bond donors (Lipinski definition) is 0. The molecule has 1 unspecified atom stereocenters. The van der Waals surface area contributed by atoms with Crippen LogP contribution in [0.4, 0.5) is 0 Å². The standard InChI is InChI=1S/C14H18N2/c1-13(2,3)14(15-4)8-7-12-11(10-14)6-5-9-16-12/h5-6,9H,7-8,10H2,1-3H3. The second-order valence-electron chi connectivity index (χ2n) is 5.68. The fraction of sp³-hybridized carbons (Fsp3) is 0.571. The maximum Gasteiger partial charge on any atom is 0.241 e. The van der Waals surface area contributed by atoms with Gasteiger partial charge in [-0.05, 0) is 18.1 Å². The van der Waals surface area contributed by atoms with Crippen LogP contribution in [0.5, 0.6) is 0 Å². The van der Waals surface area contributed by atoms with E-state index in [0.717, 1.165) is 19.3 Å². The molecule has 0 N–H and O–H groups in total. The van der Waals surface area contributed by atoms with Crippen LogP contribution < -0.4 is 0 Å². The van der Waals surface area contributed by atoms with E-state index in [9.17, 15) is 0 Å². The highest BCUT2D eigenvalue weighted by atomic mass is 14.9. The van der Waals surface area contributed by atoms with E-state index in [1.807, 2.05) is 12.3 Å². The first-order valence-electron chi connectivity index (χ1n) is 5.80. The third kappa shape index (κ3) is 1.61. The van der Waals surface area contributed by atoms with Gasteiger partial charge in [0.05, 0.1) is 6.42 Å². The zero-order chi connectivity index (χ0) is 11.8. The Morgan fingerprint density at radius 3 is 2.81 bits per heavy atom. The summed E-state index contributed by atoms with van der Waals surface area (Å²) in [5.41, 5.74) is 2.23. The number of aryl methyl sites for hydroxylation is 1. The van der Waals surface area contributed by atoms with Crippen molar-refractivity contribution in [3.63, 3.8) is 0 Å². The van der Waals surface area contributed by atoms with Gasteiger partial charge >= 0.3 is 0 Å². The van der Waals surface area contributed by atoms with Gasteiger partial charge in [-0.3, -0.25) is 4.98 Å². The summed E-state index contributed by atoms with van der Waals surface area (Å²) in [6.45, 7) is 14.1. The fourth-order valence-corrected chi connectivity index (χ4v) is 2.49. The second-order valence-corrected chi connectivity index (χ2v) is 5.68. The number of hydrogen-bond acceptors (Lipinski definition) is 1. The summed E-state index contributed by atoms with van der Waals surface area (Å²) >= 11 is 0. The fourth-order valence-electron chi connectivity index (χ4n) is 2.49. The minimum atomic E-state index is -0.247. The van der Waals surface area contributed by atoms with Crippen molar-refractivity contribution in [3.05, 3.63) is 41.0 Å². The average Bonchev–Trinajstić information content (AvgIpc) is 2.27. The minimum Gasteiger partial charge on any atom is -0.309 e. The minimum absolute atomic E-state index is 0.0300. The molecule has 0 bridgehead atoms. The number of fused-ring (bicyclic) bond motifs is 1.